The molecule has 0 amide bonds. The standard InChI is InChI=1S/C22H30O9/c1-14(26-12-18-8-6-5-7-9-18)11-28-21-10-19(29-16(3)24)22(30-17(4)25)20(31-21)13-27-15(2)23/h5-9,14,19-22H,10-13H2,1-4H3/t14-,19-,20-,21-,22-/m1/s1. The van der Waals surface area contributed by atoms with Gasteiger partial charge in [0.25, 0.3) is 0 Å². The Kier molecular flexibility index (Phi) is 9.90. The van der Waals surface area contributed by atoms with Crippen LogP contribution in [-0.2, 0) is 49.4 Å². The summed E-state index contributed by atoms with van der Waals surface area (Å²) in [6, 6.07) is 9.75. The largest absolute Gasteiger partial charge is 0.463 e. The normalized spacial score (nSPS) is 24.1. The summed E-state index contributed by atoms with van der Waals surface area (Å²) >= 11 is 0. The Morgan fingerprint density at radius 3 is 2.32 bits per heavy atom. The van der Waals surface area contributed by atoms with Crippen LogP contribution in [0.15, 0.2) is 30.3 Å². The van der Waals surface area contributed by atoms with Gasteiger partial charge in [0.05, 0.1) is 19.3 Å². The fourth-order valence-electron chi connectivity index (χ4n) is 3.11. The molecule has 0 saturated carbocycles. The molecule has 9 nitrogen and oxygen atoms in total. The molecule has 9 heteroatoms. The Morgan fingerprint density at radius 2 is 1.71 bits per heavy atom. The number of rotatable bonds is 10. The van der Waals surface area contributed by atoms with Crippen molar-refractivity contribution in [2.45, 2.75) is 71.4 Å². The maximum Gasteiger partial charge on any atom is 0.303 e. The predicted molar refractivity (Wildman–Crippen MR) is 108 cm³/mol. The second kappa shape index (κ2) is 12.4. The minimum absolute atomic E-state index is 0.152. The van der Waals surface area contributed by atoms with Crippen LogP contribution >= 0.6 is 0 Å². The SMILES string of the molecule is CC(=O)OC[C@H]1O[C@@H](OC[C@@H](C)OCc2ccccc2)C[C@@H](OC(C)=O)[C@H]1OC(C)=O. The summed E-state index contributed by atoms with van der Waals surface area (Å²) < 4.78 is 33.1. The summed E-state index contributed by atoms with van der Waals surface area (Å²) in [4.78, 5) is 34.3. The number of hydrogen-bond donors (Lipinski definition) is 0. The van der Waals surface area contributed by atoms with Gasteiger partial charge in [0.15, 0.2) is 12.4 Å². The van der Waals surface area contributed by atoms with Crippen LogP contribution in [0.5, 0.6) is 0 Å². The van der Waals surface area contributed by atoms with Crippen molar-refractivity contribution < 1.29 is 42.8 Å². The number of esters is 3. The van der Waals surface area contributed by atoms with Crippen LogP contribution in [0.1, 0.15) is 39.7 Å². The molecule has 1 heterocycles. The highest BCUT2D eigenvalue weighted by Crippen LogP contribution is 2.27. The van der Waals surface area contributed by atoms with E-state index in [1.54, 1.807) is 0 Å². The van der Waals surface area contributed by atoms with Crippen LogP contribution in [0.3, 0.4) is 0 Å². The second-order valence-electron chi connectivity index (χ2n) is 7.30. The molecule has 0 spiro atoms. The van der Waals surface area contributed by atoms with Crippen molar-refractivity contribution in [1.29, 1.82) is 0 Å². The van der Waals surface area contributed by atoms with Crippen LogP contribution in [0.4, 0.5) is 0 Å². The quantitative estimate of drug-likeness (QED) is 0.401. The highest BCUT2D eigenvalue weighted by Gasteiger charge is 2.44. The lowest BCUT2D eigenvalue weighted by molar-refractivity contribution is -0.270. The first kappa shape index (κ1) is 24.8. The van der Waals surface area contributed by atoms with Crippen LogP contribution in [-0.4, -0.2) is 61.8 Å². The van der Waals surface area contributed by atoms with Gasteiger partial charge in [0, 0.05) is 27.2 Å². The zero-order chi connectivity index (χ0) is 22.8. The molecule has 0 aliphatic carbocycles. The van der Waals surface area contributed by atoms with E-state index in [2.05, 4.69) is 0 Å². The number of carbonyl (C=O) groups excluding carboxylic acids is 3. The third kappa shape index (κ3) is 9.04. The molecule has 172 valence electrons. The van der Waals surface area contributed by atoms with E-state index in [0.29, 0.717) is 6.61 Å². The minimum atomic E-state index is -0.924. The third-order valence-electron chi connectivity index (χ3n) is 4.45. The van der Waals surface area contributed by atoms with E-state index in [1.807, 2.05) is 37.3 Å². The summed E-state index contributed by atoms with van der Waals surface area (Å²) in [5.74, 6) is -1.62. The van der Waals surface area contributed by atoms with Gasteiger partial charge in [-0.15, -0.1) is 0 Å². The van der Waals surface area contributed by atoms with Gasteiger partial charge >= 0.3 is 17.9 Å². The van der Waals surface area contributed by atoms with Gasteiger partial charge in [0.1, 0.15) is 18.8 Å². The molecule has 5 atom stereocenters. The highest BCUT2D eigenvalue weighted by atomic mass is 16.7. The number of ether oxygens (including phenoxy) is 6. The highest BCUT2D eigenvalue weighted by molar-refractivity contribution is 5.67. The van der Waals surface area contributed by atoms with Crippen molar-refractivity contribution in [2.75, 3.05) is 13.2 Å². The third-order valence-corrected chi connectivity index (χ3v) is 4.45. The van der Waals surface area contributed by atoms with Crippen LogP contribution in [0.25, 0.3) is 0 Å². The number of benzene rings is 1. The Morgan fingerprint density at radius 1 is 1.03 bits per heavy atom. The van der Waals surface area contributed by atoms with Gasteiger partial charge in [0.2, 0.25) is 0 Å². The van der Waals surface area contributed by atoms with Gasteiger partial charge in [-0.1, -0.05) is 30.3 Å². The Balaban J connectivity index is 1.97. The van der Waals surface area contributed by atoms with E-state index in [1.165, 1.54) is 20.8 Å². The summed E-state index contributed by atoms with van der Waals surface area (Å²) in [5, 5.41) is 0. The van der Waals surface area contributed by atoms with Crippen LogP contribution in [0.2, 0.25) is 0 Å². The Labute approximate surface area is 181 Å². The van der Waals surface area contributed by atoms with Gasteiger partial charge in [-0.3, -0.25) is 14.4 Å². The average Bonchev–Trinajstić information content (AvgIpc) is 2.71. The molecule has 1 aliphatic heterocycles. The Bertz CT molecular complexity index is 721. The summed E-state index contributed by atoms with van der Waals surface area (Å²) in [6.45, 7) is 6.11. The fraction of sp³-hybridized carbons (Fsp3) is 0.591. The van der Waals surface area contributed by atoms with Crippen molar-refractivity contribution in [3.63, 3.8) is 0 Å². The fourth-order valence-corrected chi connectivity index (χ4v) is 3.11. The van der Waals surface area contributed by atoms with E-state index in [4.69, 9.17) is 28.4 Å². The first-order chi connectivity index (χ1) is 14.7. The van der Waals surface area contributed by atoms with E-state index in [0.717, 1.165) is 5.56 Å². The zero-order valence-corrected chi connectivity index (χ0v) is 18.3. The maximum absolute atomic E-state index is 11.6. The summed E-state index contributed by atoms with van der Waals surface area (Å²) in [6.07, 6.45) is -3.42. The molecule has 31 heavy (non-hydrogen) atoms. The predicted octanol–water partition coefficient (Wildman–Crippen LogP) is 2.15. The Hall–Kier alpha value is -2.49. The lowest BCUT2D eigenvalue weighted by atomic mass is 10.0. The molecular weight excluding hydrogens is 408 g/mol. The molecule has 1 fully saturated rings. The topological polar surface area (TPSA) is 107 Å². The van der Waals surface area contributed by atoms with Crippen molar-refractivity contribution in [3.8, 4) is 0 Å². The molecule has 0 radical (unpaired) electrons. The molecule has 1 aliphatic rings. The van der Waals surface area contributed by atoms with E-state index in [9.17, 15) is 14.4 Å². The molecule has 1 aromatic rings. The molecular formula is C22H30O9. The molecule has 0 N–H and O–H groups in total. The average molecular weight is 438 g/mol. The van der Waals surface area contributed by atoms with Crippen molar-refractivity contribution in [3.05, 3.63) is 35.9 Å². The zero-order valence-electron chi connectivity index (χ0n) is 18.3. The van der Waals surface area contributed by atoms with E-state index < -0.39 is 42.5 Å². The molecule has 1 aromatic carbocycles. The number of carbonyl (C=O) groups is 3. The van der Waals surface area contributed by atoms with E-state index in [-0.39, 0.29) is 25.7 Å². The monoisotopic (exact) mass is 438 g/mol. The van der Waals surface area contributed by atoms with Crippen LogP contribution in [0, 0.1) is 0 Å². The second-order valence-corrected chi connectivity index (χ2v) is 7.30. The summed E-state index contributed by atoms with van der Waals surface area (Å²) in [5.41, 5.74) is 1.05. The lowest BCUT2D eigenvalue weighted by Crippen LogP contribution is -2.54. The first-order valence-corrected chi connectivity index (χ1v) is 10.1. The number of hydrogen-bond acceptors (Lipinski definition) is 9. The van der Waals surface area contributed by atoms with E-state index >= 15 is 0 Å². The molecule has 0 bridgehead atoms. The van der Waals surface area contributed by atoms with Gasteiger partial charge in [-0.25, -0.2) is 0 Å². The maximum atomic E-state index is 11.6. The minimum Gasteiger partial charge on any atom is -0.463 e. The van der Waals surface area contributed by atoms with Crippen molar-refractivity contribution >= 4 is 17.9 Å². The van der Waals surface area contributed by atoms with Crippen LogP contribution < -0.4 is 0 Å². The van der Waals surface area contributed by atoms with Gasteiger partial charge in [-0.05, 0) is 12.5 Å². The first-order valence-electron chi connectivity index (χ1n) is 10.1. The summed E-state index contributed by atoms with van der Waals surface area (Å²) in [7, 11) is 0. The molecule has 0 unspecified atom stereocenters. The van der Waals surface area contributed by atoms with Crippen molar-refractivity contribution in [1.82, 2.24) is 0 Å². The molecule has 0 aromatic heterocycles. The molecule has 1 saturated heterocycles. The lowest BCUT2D eigenvalue weighted by Gasteiger charge is -2.40. The van der Waals surface area contributed by atoms with Crippen molar-refractivity contribution in [2.24, 2.45) is 0 Å². The molecule has 2 rings (SSSR count). The van der Waals surface area contributed by atoms with Gasteiger partial charge < -0.3 is 28.4 Å². The van der Waals surface area contributed by atoms with Gasteiger partial charge in [-0.2, -0.15) is 0 Å². The smallest absolute Gasteiger partial charge is 0.303 e.